The summed E-state index contributed by atoms with van der Waals surface area (Å²) in [6.45, 7) is 2.08. The predicted molar refractivity (Wildman–Crippen MR) is 75.1 cm³/mol. The van der Waals surface area contributed by atoms with Gasteiger partial charge >= 0.3 is 5.97 Å². The number of carbonyl (C=O) groups is 1. The van der Waals surface area contributed by atoms with Crippen LogP contribution in [0.5, 0.6) is 0 Å². The molecular formula is C9H10Br4O2. The smallest absolute Gasteiger partial charge is 0.336 e. The van der Waals surface area contributed by atoms with Gasteiger partial charge in [-0.1, -0.05) is 77.1 Å². The molecule has 0 bridgehead atoms. The fourth-order valence-corrected chi connectivity index (χ4v) is 4.77. The normalized spacial score (nSPS) is 23.6. The molecule has 0 aliphatic carbocycles. The number of cyclic esters (lactones) is 1. The fourth-order valence-electron chi connectivity index (χ4n) is 1.32. The van der Waals surface area contributed by atoms with E-state index in [2.05, 4.69) is 70.6 Å². The second-order valence-corrected chi connectivity index (χ2v) is 8.34. The van der Waals surface area contributed by atoms with Gasteiger partial charge in [0, 0.05) is 9.31 Å². The molecule has 1 aliphatic rings. The maximum Gasteiger partial charge on any atom is 0.336 e. The monoisotopic (exact) mass is 466 g/mol. The van der Waals surface area contributed by atoms with Gasteiger partial charge in [0.15, 0.2) is 6.10 Å². The Labute approximate surface area is 123 Å². The predicted octanol–water partition coefficient (Wildman–Crippen LogP) is 4.24. The lowest BCUT2D eigenvalue weighted by Gasteiger charge is -2.10. The van der Waals surface area contributed by atoms with Crippen LogP contribution in [0.3, 0.4) is 0 Å². The second-order valence-electron chi connectivity index (χ2n) is 3.18. The van der Waals surface area contributed by atoms with Crippen LogP contribution in [0.1, 0.15) is 19.8 Å². The molecule has 0 N–H and O–H groups in total. The molecule has 6 heteroatoms. The highest BCUT2D eigenvalue weighted by Gasteiger charge is 2.38. The summed E-state index contributed by atoms with van der Waals surface area (Å²) in [6, 6.07) is 0. The van der Waals surface area contributed by atoms with E-state index in [0.29, 0.717) is 5.57 Å². The molecule has 0 radical (unpaired) electrons. The molecule has 2 nitrogen and oxygen atoms in total. The maximum absolute atomic E-state index is 11.6. The number of ether oxygens (including phenoxy) is 1. The first-order chi connectivity index (χ1) is 6.99. The summed E-state index contributed by atoms with van der Waals surface area (Å²) in [5.74, 6) is -0.244. The van der Waals surface area contributed by atoms with Gasteiger partial charge in [0.2, 0.25) is 0 Å². The summed E-state index contributed by atoms with van der Waals surface area (Å²) in [7, 11) is 0. The van der Waals surface area contributed by atoms with Gasteiger partial charge < -0.3 is 4.74 Å². The van der Waals surface area contributed by atoms with Crippen molar-refractivity contribution in [1.29, 1.82) is 0 Å². The zero-order valence-corrected chi connectivity index (χ0v) is 14.3. The number of esters is 1. The number of carbonyl (C=O) groups excluding carboxylic acids is 1. The van der Waals surface area contributed by atoms with E-state index in [1.807, 2.05) is 0 Å². The van der Waals surface area contributed by atoms with Crippen molar-refractivity contribution >= 4 is 69.7 Å². The van der Waals surface area contributed by atoms with E-state index in [9.17, 15) is 4.79 Å². The van der Waals surface area contributed by atoms with E-state index < -0.39 is 0 Å². The standard InChI is InChI=1S/C9H10Br4O2/c1-2-3-4(10)5-6(11)7(8(12)13)15-9(5)14/h4,7-8H,2-3H2,1H3. The fraction of sp³-hybridized carbons (Fsp3) is 0.667. The highest BCUT2D eigenvalue weighted by Crippen LogP contribution is 2.38. The zero-order chi connectivity index (χ0) is 11.6. The third kappa shape index (κ3) is 3.30. The maximum atomic E-state index is 11.6. The molecule has 1 rings (SSSR count). The van der Waals surface area contributed by atoms with Crippen molar-refractivity contribution in [3.63, 3.8) is 0 Å². The minimum atomic E-state index is -0.274. The zero-order valence-electron chi connectivity index (χ0n) is 7.97. The van der Waals surface area contributed by atoms with Crippen LogP contribution in [-0.4, -0.2) is 20.6 Å². The van der Waals surface area contributed by atoms with Gasteiger partial charge in [-0.25, -0.2) is 4.79 Å². The molecule has 0 amide bonds. The first-order valence-electron chi connectivity index (χ1n) is 4.51. The first kappa shape index (κ1) is 14.2. The third-order valence-electron chi connectivity index (χ3n) is 2.05. The minimum Gasteiger partial charge on any atom is -0.451 e. The number of rotatable bonds is 4. The van der Waals surface area contributed by atoms with Crippen LogP contribution in [0.25, 0.3) is 0 Å². The second kappa shape index (κ2) is 6.17. The van der Waals surface area contributed by atoms with Crippen LogP contribution in [0, 0.1) is 0 Å². The Hall–Kier alpha value is 1.13. The Morgan fingerprint density at radius 3 is 2.40 bits per heavy atom. The van der Waals surface area contributed by atoms with E-state index in [1.54, 1.807) is 0 Å². The largest absolute Gasteiger partial charge is 0.451 e. The molecule has 0 saturated carbocycles. The third-order valence-corrected chi connectivity index (χ3v) is 4.80. The van der Waals surface area contributed by atoms with E-state index in [1.165, 1.54) is 0 Å². The molecule has 15 heavy (non-hydrogen) atoms. The van der Waals surface area contributed by atoms with Crippen molar-refractivity contribution in [2.24, 2.45) is 0 Å². The number of alkyl halides is 3. The Morgan fingerprint density at radius 2 is 2.00 bits per heavy atom. The van der Waals surface area contributed by atoms with Crippen molar-refractivity contribution < 1.29 is 9.53 Å². The van der Waals surface area contributed by atoms with Gasteiger partial charge in [0.25, 0.3) is 0 Å². The lowest BCUT2D eigenvalue weighted by atomic mass is 10.1. The molecule has 0 fully saturated rings. The SMILES string of the molecule is CCCC(Br)C1=C(Br)C(C(Br)Br)OC1=O. The summed E-state index contributed by atoms with van der Waals surface area (Å²) < 4.78 is 5.98. The summed E-state index contributed by atoms with van der Waals surface area (Å²) in [4.78, 5) is 11.7. The van der Waals surface area contributed by atoms with Crippen LogP contribution < -0.4 is 0 Å². The van der Waals surface area contributed by atoms with E-state index in [-0.39, 0.29) is 20.6 Å². The van der Waals surface area contributed by atoms with Crippen molar-refractivity contribution in [2.45, 2.75) is 34.4 Å². The Bertz CT molecular complexity index is 288. The molecule has 2 unspecified atom stereocenters. The average molecular weight is 470 g/mol. The number of hydrogen-bond donors (Lipinski definition) is 0. The lowest BCUT2D eigenvalue weighted by Crippen LogP contribution is -2.16. The molecule has 2 atom stereocenters. The van der Waals surface area contributed by atoms with Crippen LogP contribution in [0.2, 0.25) is 0 Å². The molecular weight excluding hydrogens is 460 g/mol. The highest BCUT2D eigenvalue weighted by atomic mass is 79.9. The molecule has 1 aliphatic heterocycles. The lowest BCUT2D eigenvalue weighted by molar-refractivity contribution is -0.139. The van der Waals surface area contributed by atoms with Gasteiger partial charge in [0.1, 0.15) is 3.74 Å². The molecule has 1 heterocycles. The Morgan fingerprint density at radius 1 is 1.40 bits per heavy atom. The summed E-state index contributed by atoms with van der Waals surface area (Å²) >= 11 is 13.6. The van der Waals surface area contributed by atoms with Crippen LogP contribution in [-0.2, 0) is 9.53 Å². The number of halogens is 4. The molecule has 0 saturated heterocycles. The van der Waals surface area contributed by atoms with Gasteiger partial charge in [-0.2, -0.15) is 0 Å². The van der Waals surface area contributed by atoms with Crippen molar-refractivity contribution in [3.05, 3.63) is 10.1 Å². The van der Waals surface area contributed by atoms with Crippen molar-refractivity contribution in [3.8, 4) is 0 Å². The first-order valence-corrected chi connectivity index (χ1v) is 8.05. The molecule has 0 aromatic carbocycles. The van der Waals surface area contributed by atoms with Gasteiger partial charge in [-0.05, 0) is 6.42 Å². The summed E-state index contributed by atoms with van der Waals surface area (Å²) in [6.07, 6.45) is 1.66. The van der Waals surface area contributed by atoms with Gasteiger partial charge in [-0.15, -0.1) is 0 Å². The molecule has 86 valence electrons. The van der Waals surface area contributed by atoms with Crippen LogP contribution >= 0.6 is 63.7 Å². The highest BCUT2D eigenvalue weighted by molar-refractivity contribution is 9.24. The van der Waals surface area contributed by atoms with Crippen LogP contribution in [0.15, 0.2) is 10.1 Å². The number of hydrogen-bond acceptors (Lipinski definition) is 2. The van der Waals surface area contributed by atoms with Crippen molar-refractivity contribution in [1.82, 2.24) is 0 Å². The average Bonchev–Trinajstić information content (AvgIpc) is 2.42. The molecule has 0 aromatic rings. The topological polar surface area (TPSA) is 26.3 Å². The van der Waals surface area contributed by atoms with Gasteiger partial charge in [0.05, 0.1) is 5.57 Å². The summed E-state index contributed by atoms with van der Waals surface area (Å²) in [5.41, 5.74) is 0.700. The minimum absolute atomic E-state index is 0.0631. The van der Waals surface area contributed by atoms with E-state index in [4.69, 9.17) is 4.74 Å². The quantitative estimate of drug-likeness (QED) is 0.455. The Balaban J connectivity index is 2.89. The Kier molecular flexibility index (Phi) is 5.84. The summed E-state index contributed by atoms with van der Waals surface area (Å²) in [5, 5.41) is 0. The van der Waals surface area contributed by atoms with E-state index in [0.717, 1.165) is 17.3 Å². The van der Waals surface area contributed by atoms with Crippen molar-refractivity contribution in [2.75, 3.05) is 0 Å². The van der Waals surface area contributed by atoms with Crippen LogP contribution in [0.4, 0.5) is 0 Å². The molecule has 0 spiro atoms. The van der Waals surface area contributed by atoms with Gasteiger partial charge in [-0.3, -0.25) is 0 Å². The molecule has 0 aromatic heterocycles. The van der Waals surface area contributed by atoms with E-state index >= 15 is 0 Å².